The van der Waals surface area contributed by atoms with Crippen molar-refractivity contribution in [3.63, 3.8) is 0 Å². The summed E-state index contributed by atoms with van der Waals surface area (Å²) in [6.45, 7) is 3.95. The summed E-state index contributed by atoms with van der Waals surface area (Å²) in [4.78, 5) is 15.0. The molecule has 27 heavy (non-hydrogen) atoms. The number of ether oxygens (including phenoxy) is 2. The summed E-state index contributed by atoms with van der Waals surface area (Å²) < 4.78 is 38.9. The van der Waals surface area contributed by atoms with Crippen molar-refractivity contribution in [3.8, 4) is 11.6 Å². The van der Waals surface area contributed by atoms with Gasteiger partial charge in [0.2, 0.25) is 5.88 Å². The highest BCUT2D eigenvalue weighted by Gasteiger charge is 2.16. The topological polar surface area (TPSA) is 68.7 Å². The zero-order valence-corrected chi connectivity index (χ0v) is 16.1. The number of carboxylic acid groups (broad SMARTS) is 1. The Morgan fingerprint density at radius 2 is 1.93 bits per heavy atom. The second kappa shape index (κ2) is 9.55. The lowest BCUT2D eigenvalue weighted by molar-refractivity contribution is -0.136. The molecule has 0 aliphatic heterocycles. The van der Waals surface area contributed by atoms with Crippen molar-refractivity contribution in [1.82, 2.24) is 4.98 Å². The highest BCUT2D eigenvalue weighted by atomic mass is 32.2. The van der Waals surface area contributed by atoms with Gasteiger partial charge in [0.15, 0.2) is 17.4 Å². The van der Waals surface area contributed by atoms with Gasteiger partial charge in [0, 0.05) is 23.3 Å². The van der Waals surface area contributed by atoms with E-state index in [2.05, 4.69) is 4.98 Å². The fourth-order valence-electron chi connectivity index (χ4n) is 2.30. The lowest BCUT2D eigenvalue weighted by Gasteiger charge is -2.14. The Morgan fingerprint density at radius 1 is 1.26 bits per heavy atom. The highest BCUT2D eigenvalue weighted by Crippen LogP contribution is 2.30. The molecule has 0 aliphatic carbocycles. The van der Waals surface area contributed by atoms with Crippen LogP contribution in [0.1, 0.15) is 31.4 Å². The molecule has 1 aromatic heterocycles. The van der Waals surface area contributed by atoms with Gasteiger partial charge in [-0.3, -0.25) is 4.79 Å². The van der Waals surface area contributed by atoms with Gasteiger partial charge in [0.05, 0.1) is 7.11 Å². The number of aliphatic carboxylic acids is 1. The number of hydrogen-bond acceptors (Lipinski definition) is 5. The summed E-state index contributed by atoms with van der Waals surface area (Å²) in [6, 6.07) is 5.59. The minimum atomic E-state index is -1.03. The highest BCUT2D eigenvalue weighted by molar-refractivity contribution is 7.99. The predicted octanol–water partition coefficient (Wildman–Crippen LogP) is 4.47. The van der Waals surface area contributed by atoms with Crippen LogP contribution in [0.3, 0.4) is 0 Å². The lowest BCUT2D eigenvalue weighted by Crippen LogP contribution is -2.05. The molecular formula is C19H21F2NO4S. The molecule has 1 aromatic carbocycles. The van der Waals surface area contributed by atoms with Crippen LogP contribution >= 0.6 is 11.8 Å². The molecule has 0 aliphatic rings. The van der Waals surface area contributed by atoms with Gasteiger partial charge in [-0.2, -0.15) is 0 Å². The zero-order valence-electron chi connectivity index (χ0n) is 15.3. The van der Waals surface area contributed by atoms with Crippen LogP contribution in [0.4, 0.5) is 8.78 Å². The van der Waals surface area contributed by atoms with Crippen LogP contribution in [-0.4, -0.2) is 28.4 Å². The molecule has 2 aromatic rings. The Labute approximate surface area is 160 Å². The molecule has 0 bridgehead atoms. The summed E-state index contributed by atoms with van der Waals surface area (Å²) >= 11 is 1.50. The van der Waals surface area contributed by atoms with E-state index in [1.165, 1.54) is 18.9 Å². The summed E-state index contributed by atoms with van der Waals surface area (Å²) in [5, 5.41) is 9.60. The third-order valence-corrected chi connectivity index (χ3v) is 4.58. The number of benzene rings is 1. The number of hydrogen-bond donors (Lipinski definition) is 1. The standard InChI is InChI=1S/C19H21F2NO4S/c1-11(2)27-19-13(5-6-16(22-19)25-3)10-26-18-14(20)8-12(9-15(18)21)4-7-17(23)24/h5-6,8-9,11H,4,7,10H2,1-3H3,(H,23,24). The molecule has 0 atom stereocenters. The maximum Gasteiger partial charge on any atom is 0.303 e. The molecule has 0 fully saturated rings. The van der Waals surface area contributed by atoms with Crippen molar-refractivity contribution in [2.24, 2.45) is 0 Å². The average molecular weight is 397 g/mol. The molecule has 1 heterocycles. The van der Waals surface area contributed by atoms with Gasteiger partial charge in [-0.05, 0) is 30.2 Å². The molecule has 5 nitrogen and oxygen atoms in total. The number of carboxylic acids is 1. The molecule has 0 saturated heterocycles. The molecular weight excluding hydrogens is 376 g/mol. The molecule has 0 unspecified atom stereocenters. The zero-order chi connectivity index (χ0) is 20.0. The van der Waals surface area contributed by atoms with E-state index in [4.69, 9.17) is 14.6 Å². The van der Waals surface area contributed by atoms with Crippen LogP contribution in [0.25, 0.3) is 0 Å². The van der Waals surface area contributed by atoms with Crippen LogP contribution in [0.5, 0.6) is 11.6 Å². The van der Waals surface area contributed by atoms with E-state index in [-0.39, 0.29) is 30.3 Å². The number of rotatable bonds is 9. The monoisotopic (exact) mass is 397 g/mol. The molecule has 0 radical (unpaired) electrons. The maximum absolute atomic E-state index is 14.2. The molecule has 2 rings (SSSR count). The Kier molecular flexibility index (Phi) is 7.41. The van der Waals surface area contributed by atoms with Crippen LogP contribution in [0.15, 0.2) is 29.3 Å². The molecule has 0 spiro atoms. The first-order chi connectivity index (χ1) is 12.8. The number of nitrogens with zero attached hydrogens (tertiary/aromatic N) is 1. The lowest BCUT2D eigenvalue weighted by atomic mass is 10.1. The minimum absolute atomic E-state index is 0.0427. The number of halogens is 2. The van der Waals surface area contributed by atoms with Gasteiger partial charge >= 0.3 is 5.97 Å². The van der Waals surface area contributed by atoms with Gasteiger partial charge < -0.3 is 14.6 Å². The van der Waals surface area contributed by atoms with E-state index in [1.807, 2.05) is 13.8 Å². The predicted molar refractivity (Wildman–Crippen MR) is 98.4 cm³/mol. The van der Waals surface area contributed by atoms with E-state index in [0.717, 1.165) is 12.1 Å². The second-order valence-corrected chi connectivity index (χ2v) is 7.62. The summed E-state index contributed by atoms with van der Waals surface area (Å²) in [5.74, 6) is -2.81. The Balaban J connectivity index is 2.17. The minimum Gasteiger partial charge on any atom is -0.483 e. The first-order valence-electron chi connectivity index (χ1n) is 8.33. The normalized spacial score (nSPS) is 10.9. The maximum atomic E-state index is 14.2. The van der Waals surface area contributed by atoms with E-state index in [0.29, 0.717) is 16.5 Å². The van der Waals surface area contributed by atoms with Crippen molar-refractivity contribution in [2.75, 3.05) is 7.11 Å². The fourth-order valence-corrected chi connectivity index (χ4v) is 3.16. The van der Waals surface area contributed by atoms with E-state index < -0.39 is 23.4 Å². The van der Waals surface area contributed by atoms with E-state index in [1.54, 1.807) is 12.1 Å². The van der Waals surface area contributed by atoms with Gasteiger partial charge in [0.1, 0.15) is 11.6 Å². The summed E-state index contributed by atoms with van der Waals surface area (Å²) in [6.07, 6.45) is -0.159. The van der Waals surface area contributed by atoms with Crippen molar-refractivity contribution in [2.45, 2.75) is 43.6 Å². The van der Waals surface area contributed by atoms with Gasteiger partial charge in [0.25, 0.3) is 0 Å². The first kappa shape index (κ1) is 21.0. The average Bonchev–Trinajstić information content (AvgIpc) is 2.59. The first-order valence-corrected chi connectivity index (χ1v) is 9.21. The van der Waals surface area contributed by atoms with Crippen molar-refractivity contribution in [3.05, 3.63) is 47.0 Å². The SMILES string of the molecule is COc1ccc(COc2c(F)cc(CCC(=O)O)cc2F)c(SC(C)C)n1. The van der Waals surface area contributed by atoms with Crippen molar-refractivity contribution < 1.29 is 28.2 Å². The van der Waals surface area contributed by atoms with E-state index >= 15 is 0 Å². The van der Waals surface area contributed by atoms with Crippen molar-refractivity contribution in [1.29, 1.82) is 0 Å². The number of carbonyl (C=O) groups is 1. The molecule has 8 heteroatoms. The van der Waals surface area contributed by atoms with Crippen LogP contribution in [0, 0.1) is 11.6 Å². The van der Waals surface area contributed by atoms with Crippen LogP contribution < -0.4 is 9.47 Å². The van der Waals surface area contributed by atoms with Gasteiger partial charge in [-0.1, -0.05) is 13.8 Å². The third-order valence-electron chi connectivity index (χ3n) is 3.53. The molecule has 1 N–H and O–H groups in total. The summed E-state index contributed by atoms with van der Waals surface area (Å²) in [5.41, 5.74) is 0.949. The number of aryl methyl sites for hydroxylation is 1. The number of methoxy groups -OCH3 is 1. The largest absolute Gasteiger partial charge is 0.483 e. The van der Waals surface area contributed by atoms with Crippen molar-refractivity contribution >= 4 is 17.7 Å². The quantitative estimate of drug-likeness (QED) is 0.630. The number of aromatic nitrogens is 1. The van der Waals surface area contributed by atoms with Crippen LogP contribution in [-0.2, 0) is 17.8 Å². The number of thioether (sulfide) groups is 1. The Hall–Kier alpha value is -2.35. The second-order valence-electron chi connectivity index (χ2n) is 6.06. The Bertz CT molecular complexity index is 791. The fraction of sp³-hybridized carbons (Fsp3) is 0.368. The van der Waals surface area contributed by atoms with Gasteiger partial charge in [-0.15, -0.1) is 11.8 Å². The smallest absolute Gasteiger partial charge is 0.303 e. The third kappa shape index (κ3) is 6.09. The number of pyridine rings is 1. The van der Waals surface area contributed by atoms with Crippen LogP contribution in [0.2, 0.25) is 0 Å². The van der Waals surface area contributed by atoms with E-state index in [9.17, 15) is 13.6 Å². The molecule has 146 valence electrons. The molecule has 0 amide bonds. The summed E-state index contributed by atoms with van der Waals surface area (Å²) in [7, 11) is 1.51. The Morgan fingerprint density at radius 3 is 2.48 bits per heavy atom. The molecule has 0 saturated carbocycles. The van der Waals surface area contributed by atoms with Gasteiger partial charge in [-0.25, -0.2) is 13.8 Å².